The van der Waals surface area contributed by atoms with Crippen molar-refractivity contribution in [1.29, 1.82) is 0 Å². The molecule has 26 heavy (non-hydrogen) atoms. The normalized spacial score (nSPS) is 24.2. The Labute approximate surface area is 152 Å². The third-order valence-electron chi connectivity index (χ3n) is 5.14. The molecule has 0 aromatic heterocycles. The smallest absolute Gasteiger partial charge is 0.242 e. The van der Waals surface area contributed by atoms with Gasteiger partial charge in [-0.05, 0) is 42.3 Å². The molecule has 0 saturated carbocycles. The summed E-state index contributed by atoms with van der Waals surface area (Å²) in [6, 6.07) is 17.3. The first-order valence-electron chi connectivity index (χ1n) is 8.46. The monoisotopic (exact) mass is 345 g/mol. The summed E-state index contributed by atoms with van der Waals surface area (Å²) >= 11 is 0. The zero-order chi connectivity index (χ0) is 18.1. The Bertz CT molecular complexity index is 916. The fourth-order valence-electron chi connectivity index (χ4n) is 3.58. The first-order valence-corrected chi connectivity index (χ1v) is 8.46. The van der Waals surface area contributed by atoms with Gasteiger partial charge in [-0.3, -0.25) is 9.69 Å². The number of hydrogen-bond acceptors (Lipinski definition) is 4. The summed E-state index contributed by atoms with van der Waals surface area (Å²) in [7, 11) is 1.62. The second-order valence-corrected chi connectivity index (χ2v) is 6.56. The van der Waals surface area contributed by atoms with Crippen LogP contribution in [0.25, 0.3) is 0 Å². The Morgan fingerprint density at radius 3 is 2.46 bits per heavy atom. The number of nitrogens with zero attached hydrogens (tertiary/aromatic N) is 3. The lowest BCUT2D eigenvalue weighted by molar-refractivity contribution is -0.124. The SMILES string of the molecule is COc1ccc(N2C=C3C=NN=CC3C(C)(c3ccccc3)C2=O)cc1. The molecule has 0 N–H and O–H groups in total. The quantitative estimate of drug-likeness (QED) is 0.854. The summed E-state index contributed by atoms with van der Waals surface area (Å²) in [6.07, 6.45) is 5.35. The van der Waals surface area contributed by atoms with Gasteiger partial charge in [0.15, 0.2) is 0 Å². The predicted molar refractivity (Wildman–Crippen MR) is 103 cm³/mol. The van der Waals surface area contributed by atoms with Crippen molar-refractivity contribution in [2.45, 2.75) is 12.3 Å². The molecule has 5 nitrogen and oxygen atoms in total. The molecule has 0 fully saturated rings. The second-order valence-electron chi connectivity index (χ2n) is 6.56. The topological polar surface area (TPSA) is 54.3 Å². The van der Waals surface area contributed by atoms with Crippen molar-refractivity contribution in [3.05, 3.63) is 71.9 Å². The lowest BCUT2D eigenvalue weighted by Gasteiger charge is -2.43. The fourth-order valence-corrected chi connectivity index (χ4v) is 3.58. The predicted octanol–water partition coefficient (Wildman–Crippen LogP) is 3.57. The molecule has 2 aromatic rings. The number of benzene rings is 2. The summed E-state index contributed by atoms with van der Waals surface area (Å²) in [5.41, 5.74) is 1.95. The number of hydrogen-bond donors (Lipinski definition) is 0. The highest BCUT2D eigenvalue weighted by atomic mass is 16.5. The van der Waals surface area contributed by atoms with Gasteiger partial charge in [0, 0.05) is 24.0 Å². The average Bonchev–Trinajstić information content (AvgIpc) is 2.71. The maximum Gasteiger partial charge on any atom is 0.242 e. The van der Waals surface area contributed by atoms with Crippen molar-refractivity contribution in [2.75, 3.05) is 12.0 Å². The zero-order valence-corrected chi connectivity index (χ0v) is 14.7. The molecule has 5 heteroatoms. The van der Waals surface area contributed by atoms with Gasteiger partial charge >= 0.3 is 0 Å². The second kappa shape index (κ2) is 6.26. The number of methoxy groups -OCH3 is 1. The minimum Gasteiger partial charge on any atom is -0.497 e. The van der Waals surface area contributed by atoms with Crippen LogP contribution in [0.5, 0.6) is 5.75 Å². The third kappa shape index (κ3) is 2.44. The number of carbonyl (C=O) groups is 1. The molecule has 130 valence electrons. The molecule has 2 aliphatic heterocycles. The van der Waals surface area contributed by atoms with E-state index in [9.17, 15) is 4.79 Å². The van der Waals surface area contributed by atoms with Gasteiger partial charge in [0.1, 0.15) is 5.75 Å². The van der Waals surface area contributed by atoms with Crippen molar-refractivity contribution in [3.63, 3.8) is 0 Å². The van der Waals surface area contributed by atoms with Crippen molar-refractivity contribution >= 4 is 24.0 Å². The van der Waals surface area contributed by atoms with Crippen molar-refractivity contribution < 1.29 is 9.53 Å². The summed E-state index contributed by atoms with van der Waals surface area (Å²) in [6.45, 7) is 1.98. The van der Waals surface area contributed by atoms with E-state index in [1.807, 2.05) is 67.7 Å². The lowest BCUT2D eigenvalue weighted by Crippen LogP contribution is -2.53. The van der Waals surface area contributed by atoms with Crippen LogP contribution < -0.4 is 9.64 Å². The van der Waals surface area contributed by atoms with E-state index in [1.165, 1.54) is 0 Å². The Morgan fingerprint density at radius 1 is 1.04 bits per heavy atom. The van der Waals surface area contributed by atoms with E-state index in [0.29, 0.717) is 0 Å². The van der Waals surface area contributed by atoms with E-state index in [-0.39, 0.29) is 11.8 Å². The number of anilines is 1. The van der Waals surface area contributed by atoms with Gasteiger partial charge in [-0.25, -0.2) is 0 Å². The van der Waals surface area contributed by atoms with Crippen LogP contribution in [0.1, 0.15) is 12.5 Å². The van der Waals surface area contributed by atoms with Crippen LogP contribution in [-0.4, -0.2) is 25.4 Å². The summed E-state index contributed by atoms with van der Waals surface area (Å²) in [5.74, 6) is 0.606. The highest BCUT2D eigenvalue weighted by molar-refractivity contribution is 6.09. The average molecular weight is 345 g/mol. The van der Waals surface area contributed by atoms with E-state index >= 15 is 0 Å². The summed E-state index contributed by atoms with van der Waals surface area (Å²) < 4.78 is 5.22. The van der Waals surface area contributed by atoms with Crippen LogP contribution in [0.4, 0.5) is 5.69 Å². The number of ether oxygens (including phenoxy) is 1. The molecule has 2 atom stereocenters. The third-order valence-corrected chi connectivity index (χ3v) is 5.14. The van der Waals surface area contributed by atoms with Crippen LogP contribution in [0.15, 0.2) is 76.6 Å². The van der Waals surface area contributed by atoms with Crippen LogP contribution >= 0.6 is 0 Å². The van der Waals surface area contributed by atoms with Crippen LogP contribution in [0.3, 0.4) is 0 Å². The van der Waals surface area contributed by atoms with Gasteiger partial charge in [0.05, 0.1) is 18.7 Å². The van der Waals surface area contributed by atoms with Gasteiger partial charge in [-0.2, -0.15) is 10.2 Å². The molecule has 0 aliphatic carbocycles. The molecule has 1 amide bonds. The minimum atomic E-state index is -0.763. The van der Waals surface area contributed by atoms with Crippen molar-refractivity contribution in [3.8, 4) is 5.75 Å². The number of carbonyl (C=O) groups excluding carboxylic acids is 1. The number of amides is 1. The van der Waals surface area contributed by atoms with E-state index < -0.39 is 5.41 Å². The first-order chi connectivity index (χ1) is 12.6. The molecule has 2 heterocycles. The van der Waals surface area contributed by atoms with Crippen molar-refractivity contribution in [2.24, 2.45) is 16.1 Å². The molecule has 0 saturated heterocycles. The zero-order valence-electron chi connectivity index (χ0n) is 14.7. The number of rotatable bonds is 3. The fraction of sp³-hybridized carbons (Fsp3) is 0.190. The Kier molecular flexibility index (Phi) is 3.92. The Hall–Kier alpha value is -3.21. The molecule has 0 radical (unpaired) electrons. The lowest BCUT2D eigenvalue weighted by atomic mass is 9.66. The number of allylic oxidation sites excluding steroid dienone is 1. The van der Waals surface area contributed by atoms with E-state index in [2.05, 4.69) is 10.2 Å². The largest absolute Gasteiger partial charge is 0.497 e. The van der Waals surface area contributed by atoms with Crippen LogP contribution in [-0.2, 0) is 10.2 Å². The molecule has 2 aliphatic rings. The van der Waals surface area contributed by atoms with E-state index in [4.69, 9.17) is 4.74 Å². The molecule has 2 aromatic carbocycles. The molecular formula is C21H19N3O2. The van der Waals surface area contributed by atoms with Crippen molar-refractivity contribution in [1.82, 2.24) is 0 Å². The maximum absolute atomic E-state index is 13.6. The summed E-state index contributed by atoms with van der Waals surface area (Å²) in [5, 5.41) is 8.07. The van der Waals surface area contributed by atoms with Gasteiger partial charge in [0.25, 0.3) is 0 Å². The minimum absolute atomic E-state index is 0.00404. The van der Waals surface area contributed by atoms with Gasteiger partial charge in [-0.1, -0.05) is 30.3 Å². The van der Waals surface area contributed by atoms with E-state index in [1.54, 1.807) is 24.4 Å². The molecule has 0 spiro atoms. The van der Waals surface area contributed by atoms with Gasteiger partial charge < -0.3 is 4.74 Å². The Balaban J connectivity index is 1.85. The molecular weight excluding hydrogens is 326 g/mol. The molecule has 4 rings (SSSR count). The Morgan fingerprint density at radius 2 is 1.77 bits per heavy atom. The molecule has 0 bridgehead atoms. The summed E-state index contributed by atoms with van der Waals surface area (Å²) in [4.78, 5) is 15.3. The van der Waals surface area contributed by atoms with Crippen LogP contribution in [0, 0.1) is 5.92 Å². The molecule has 2 unspecified atom stereocenters. The highest BCUT2D eigenvalue weighted by Crippen LogP contribution is 2.42. The highest BCUT2D eigenvalue weighted by Gasteiger charge is 2.49. The van der Waals surface area contributed by atoms with Crippen LogP contribution in [0.2, 0.25) is 0 Å². The van der Waals surface area contributed by atoms with E-state index in [0.717, 1.165) is 22.6 Å². The standard InChI is InChI=1S/C21H19N3O2/c1-21(16-6-4-3-5-7-16)19-13-23-22-12-15(19)14-24(20(21)25)17-8-10-18(26-2)11-9-17/h3-14,19H,1-2H3. The van der Waals surface area contributed by atoms with Gasteiger partial charge in [-0.15, -0.1) is 0 Å². The van der Waals surface area contributed by atoms with Gasteiger partial charge in [0.2, 0.25) is 5.91 Å². The number of fused-ring (bicyclic) bond motifs is 1. The first kappa shape index (κ1) is 16.3. The maximum atomic E-state index is 13.6.